The molecule has 0 heterocycles. The van der Waals surface area contributed by atoms with Gasteiger partial charge in [-0.15, -0.1) is 0 Å². The van der Waals surface area contributed by atoms with E-state index in [9.17, 15) is 0 Å². The number of rotatable bonds is 1. The zero-order valence-corrected chi connectivity index (χ0v) is 7.70. The normalized spacial score (nSPS) is 17.9. The molecule has 0 fully saturated rings. The number of hydrogen-bond donors (Lipinski definition) is 3. The Labute approximate surface area is 77.8 Å². The van der Waals surface area contributed by atoms with Crippen LogP contribution in [0.25, 0.3) is 0 Å². The third-order valence-electron chi connectivity index (χ3n) is 2.32. The van der Waals surface area contributed by atoms with E-state index in [-0.39, 0.29) is 0 Å². The van der Waals surface area contributed by atoms with Crippen LogP contribution in [0.15, 0.2) is 18.2 Å². The second-order valence-corrected chi connectivity index (χ2v) is 3.02. The lowest BCUT2D eigenvalue weighted by Crippen LogP contribution is -2.24. The second-order valence-electron chi connectivity index (χ2n) is 3.02. The summed E-state index contributed by atoms with van der Waals surface area (Å²) in [5.41, 5.74) is 8.09. The van der Waals surface area contributed by atoms with Crippen molar-refractivity contribution in [3.63, 3.8) is 0 Å². The fourth-order valence-electron chi connectivity index (χ4n) is 1.62. The summed E-state index contributed by atoms with van der Waals surface area (Å²) in [5.74, 6) is 0.893. The van der Waals surface area contributed by atoms with Crippen LogP contribution < -0.4 is 5.73 Å². The molecule has 3 nitrogen and oxygen atoms in total. The van der Waals surface area contributed by atoms with Crippen molar-refractivity contribution in [1.29, 1.82) is 0 Å². The van der Waals surface area contributed by atoms with E-state index >= 15 is 0 Å². The molecular weight excluding hydrogens is 166 g/mol. The van der Waals surface area contributed by atoms with Crippen molar-refractivity contribution < 1.29 is 10.2 Å². The molecule has 0 spiro atoms. The molecular formula is C10H15NO2. The number of fused-ring (bicyclic) bond motifs is 1. The van der Waals surface area contributed by atoms with E-state index < -0.39 is 0 Å². The highest BCUT2D eigenvalue weighted by Crippen LogP contribution is 2.35. The first-order chi connectivity index (χ1) is 6.31. The molecule has 1 atom stereocenters. The van der Waals surface area contributed by atoms with Crippen molar-refractivity contribution in [2.24, 2.45) is 5.73 Å². The number of aromatic hydroxyl groups is 1. The average molecular weight is 181 g/mol. The van der Waals surface area contributed by atoms with Gasteiger partial charge in [-0.2, -0.15) is 0 Å². The Morgan fingerprint density at radius 3 is 2.69 bits per heavy atom. The van der Waals surface area contributed by atoms with Crippen molar-refractivity contribution in [2.45, 2.75) is 12.3 Å². The average Bonchev–Trinajstić information content (AvgIpc) is 2.13. The van der Waals surface area contributed by atoms with Crippen LogP contribution in [0, 0.1) is 0 Å². The lowest BCUT2D eigenvalue weighted by molar-refractivity contribution is 0.399. The molecule has 0 saturated heterocycles. The molecule has 1 aromatic carbocycles. The van der Waals surface area contributed by atoms with Gasteiger partial charge in [-0.1, -0.05) is 6.07 Å². The summed E-state index contributed by atoms with van der Waals surface area (Å²) in [6.07, 6.45) is 1.03. The van der Waals surface area contributed by atoms with Gasteiger partial charge < -0.3 is 15.9 Å². The second kappa shape index (κ2) is 4.25. The summed E-state index contributed by atoms with van der Waals surface area (Å²) in [5, 5.41) is 16.1. The first-order valence-electron chi connectivity index (χ1n) is 4.28. The first kappa shape index (κ1) is 10.0. The van der Waals surface area contributed by atoms with Crippen LogP contribution in [-0.4, -0.2) is 23.9 Å². The van der Waals surface area contributed by atoms with Gasteiger partial charge in [0.15, 0.2) is 0 Å². The summed E-state index contributed by atoms with van der Waals surface area (Å²) in [6.45, 7) is 0.720. The number of phenols is 1. The molecule has 4 N–H and O–H groups in total. The fourth-order valence-corrected chi connectivity index (χ4v) is 1.62. The van der Waals surface area contributed by atoms with E-state index in [1.54, 1.807) is 6.07 Å². The largest absolute Gasteiger partial charge is 0.508 e. The van der Waals surface area contributed by atoms with Gasteiger partial charge in [-0.05, 0) is 36.2 Å². The van der Waals surface area contributed by atoms with Crippen molar-refractivity contribution in [2.75, 3.05) is 13.7 Å². The Kier molecular flexibility index (Phi) is 3.28. The van der Waals surface area contributed by atoms with Crippen LogP contribution in [0.5, 0.6) is 5.75 Å². The molecule has 0 bridgehead atoms. The molecule has 0 saturated carbocycles. The van der Waals surface area contributed by atoms with E-state index in [4.69, 9.17) is 15.9 Å². The van der Waals surface area contributed by atoms with Crippen LogP contribution in [0.4, 0.5) is 0 Å². The summed E-state index contributed by atoms with van der Waals surface area (Å²) in [7, 11) is 1.00. The maximum atomic E-state index is 9.10. The van der Waals surface area contributed by atoms with Crippen molar-refractivity contribution >= 4 is 0 Å². The molecule has 3 heteroatoms. The summed E-state index contributed by atoms with van der Waals surface area (Å²) < 4.78 is 0. The van der Waals surface area contributed by atoms with Crippen molar-refractivity contribution in [3.05, 3.63) is 29.3 Å². The van der Waals surface area contributed by atoms with E-state index in [1.807, 2.05) is 12.1 Å². The van der Waals surface area contributed by atoms with Crippen LogP contribution >= 0.6 is 0 Å². The third kappa shape index (κ3) is 1.82. The SMILES string of the molecule is CO.NCC1Cc2cc(O)ccc21. The van der Waals surface area contributed by atoms with Gasteiger partial charge in [0.2, 0.25) is 0 Å². The van der Waals surface area contributed by atoms with Gasteiger partial charge in [0.25, 0.3) is 0 Å². The monoisotopic (exact) mass is 181 g/mol. The third-order valence-corrected chi connectivity index (χ3v) is 2.32. The zero-order valence-electron chi connectivity index (χ0n) is 7.70. The standard InChI is InChI=1S/C9H11NO.CH4O/c10-5-7-3-6-4-8(11)1-2-9(6)7;1-2/h1-2,4,7,11H,3,5,10H2;2H,1H3. The molecule has 13 heavy (non-hydrogen) atoms. The predicted molar refractivity (Wildman–Crippen MR) is 51.7 cm³/mol. The molecule has 0 aromatic heterocycles. The Morgan fingerprint density at radius 2 is 2.15 bits per heavy atom. The van der Waals surface area contributed by atoms with E-state index in [2.05, 4.69) is 0 Å². The number of benzene rings is 1. The highest BCUT2D eigenvalue weighted by Gasteiger charge is 2.24. The molecule has 0 radical (unpaired) electrons. The predicted octanol–water partition coefficient (Wildman–Crippen LogP) is 0.599. The molecule has 1 aromatic rings. The Bertz CT molecular complexity index is 286. The van der Waals surface area contributed by atoms with Gasteiger partial charge in [0.1, 0.15) is 5.75 Å². The van der Waals surface area contributed by atoms with Gasteiger partial charge >= 0.3 is 0 Å². The lowest BCUT2D eigenvalue weighted by atomic mass is 9.78. The number of aliphatic hydroxyl groups excluding tert-OH is 1. The molecule has 72 valence electrons. The minimum Gasteiger partial charge on any atom is -0.508 e. The Morgan fingerprint density at radius 1 is 1.46 bits per heavy atom. The van der Waals surface area contributed by atoms with Gasteiger partial charge in [0.05, 0.1) is 0 Å². The fraction of sp³-hybridized carbons (Fsp3) is 0.400. The van der Waals surface area contributed by atoms with E-state index in [0.29, 0.717) is 11.7 Å². The molecule has 1 aliphatic carbocycles. The lowest BCUT2D eigenvalue weighted by Gasteiger charge is -2.28. The van der Waals surface area contributed by atoms with E-state index in [0.717, 1.165) is 20.1 Å². The van der Waals surface area contributed by atoms with Gasteiger partial charge in [-0.3, -0.25) is 0 Å². The van der Waals surface area contributed by atoms with Crippen molar-refractivity contribution in [1.82, 2.24) is 0 Å². The Hall–Kier alpha value is -1.06. The Balaban J connectivity index is 0.000000396. The number of hydrogen-bond acceptors (Lipinski definition) is 3. The number of nitrogens with two attached hydrogens (primary N) is 1. The summed E-state index contributed by atoms with van der Waals surface area (Å²) >= 11 is 0. The smallest absolute Gasteiger partial charge is 0.115 e. The maximum absolute atomic E-state index is 9.10. The van der Waals surface area contributed by atoms with Crippen molar-refractivity contribution in [3.8, 4) is 5.75 Å². The maximum Gasteiger partial charge on any atom is 0.115 e. The van der Waals surface area contributed by atoms with Crippen LogP contribution in [-0.2, 0) is 6.42 Å². The highest BCUT2D eigenvalue weighted by molar-refractivity contribution is 5.44. The molecule has 0 aliphatic heterocycles. The molecule has 2 rings (SSSR count). The highest BCUT2D eigenvalue weighted by atomic mass is 16.3. The molecule has 1 aliphatic rings. The van der Waals surface area contributed by atoms with Crippen LogP contribution in [0.2, 0.25) is 0 Å². The number of phenolic OH excluding ortho intramolecular Hbond substituents is 1. The summed E-state index contributed by atoms with van der Waals surface area (Å²) in [4.78, 5) is 0. The topological polar surface area (TPSA) is 66.5 Å². The minimum atomic E-state index is 0.360. The molecule has 0 amide bonds. The molecule has 1 unspecified atom stereocenters. The van der Waals surface area contributed by atoms with E-state index in [1.165, 1.54) is 11.1 Å². The quantitative estimate of drug-likeness (QED) is 0.594. The first-order valence-corrected chi connectivity index (χ1v) is 4.28. The van der Waals surface area contributed by atoms with Crippen LogP contribution in [0.1, 0.15) is 17.0 Å². The number of aliphatic hydroxyl groups is 1. The summed E-state index contributed by atoms with van der Waals surface area (Å²) in [6, 6.07) is 5.51. The van der Waals surface area contributed by atoms with Gasteiger partial charge in [0, 0.05) is 13.0 Å². The minimum absolute atomic E-state index is 0.360. The van der Waals surface area contributed by atoms with Gasteiger partial charge in [-0.25, -0.2) is 0 Å². The van der Waals surface area contributed by atoms with Crippen LogP contribution in [0.3, 0.4) is 0 Å². The zero-order chi connectivity index (χ0) is 9.84.